The van der Waals surface area contributed by atoms with Gasteiger partial charge in [-0.15, -0.1) is 0 Å². The fraction of sp³-hybridized carbons (Fsp3) is 0.404. The third-order valence-electron chi connectivity index (χ3n) is 12.2. The van der Waals surface area contributed by atoms with Crippen molar-refractivity contribution >= 4 is 59.2 Å². The molecule has 0 spiro atoms. The van der Waals surface area contributed by atoms with Crippen LogP contribution in [-0.4, -0.2) is 157 Å². The lowest BCUT2D eigenvalue weighted by atomic mass is 9.97. The molecule has 0 saturated carbocycles. The quantitative estimate of drug-likeness (QED) is 0.0248. The molecule has 0 fully saturated rings. The van der Waals surface area contributed by atoms with E-state index in [0.717, 1.165) is 0 Å². The van der Waals surface area contributed by atoms with Gasteiger partial charge in [-0.05, 0) is 29.5 Å². The lowest BCUT2D eigenvalue weighted by Gasteiger charge is -2.28. The molecular weight excluding hydrogens is 1000 g/mol. The van der Waals surface area contributed by atoms with Crippen LogP contribution in [0.5, 0.6) is 0 Å². The Morgan fingerprint density at radius 1 is 0.494 bits per heavy atom. The van der Waals surface area contributed by atoms with Crippen molar-refractivity contribution in [1.82, 2.24) is 52.5 Å². The topological polar surface area (TPSA) is 403 Å². The van der Waals surface area contributed by atoms with Crippen molar-refractivity contribution in [1.29, 1.82) is 0 Å². The molecule has 0 saturated heterocycles. The van der Waals surface area contributed by atoms with Gasteiger partial charge in [0.15, 0.2) is 0 Å². The van der Waals surface area contributed by atoms with E-state index in [2.05, 4.69) is 52.5 Å². The molecule has 25 nitrogen and oxygen atoms in total. The Hall–Kier alpha value is -8.55. The standard InChI is InChI=1S/C52H67N11O14/c1-4-29(2)43(51(75)62-41(27-65)52(76)77)63-50(74)40(26-64)61-48(72)38(23-34-25-54-28-55-34)60-47(71)37(22-33-18-12-7-13-19-33)58-45(69)35(20-31-14-8-5-9-15-31)57-46(70)36(21-32-16-10-6-11-17-32)59-49(73)39(24-42(66)67)56-44(68)30(3)53/h5-19,25,28-30,35-41,43,64-65H,4,20-24,26-27,53H2,1-3H3,(H,54,55)(H,56,68)(H,57,70)(H,58,69)(H,59,73)(H,60,71)(H,61,72)(H,62,75)(H,63,74)(H,66,67)(H,76,77)/t29-,30-,35-,36-,37-,38-,39-,40-,41-,43-/m0/s1. The molecule has 4 aromatic rings. The van der Waals surface area contributed by atoms with E-state index in [9.17, 15) is 68.4 Å². The van der Waals surface area contributed by atoms with Gasteiger partial charge in [0.1, 0.15) is 48.3 Å². The van der Waals surface area contributed by atoms with Crippen LogP contribution in [0.2, 0.25) is 0 Å². The zero-order valence-corrected chi connectivity index (χ0v) is 42.6. The summed E-state index contributed by atoms with van der Waals surface area (Å²) in [6.07, 6.45) is 1.35. The van der Waals surface area contributed by atoms with Gasteiger partial charge in [0.2, 0.25) is 47.3 Å². The molecule has 0 aliphatic heterocycles. The van der Waals surface area contributed by atoms with E-state index < -0.39 is 139 Å². The number of aliphatic carboxylic acids is 2. The number of rotatable bonds is 31. The zero-order valence-electron chi connectivity index (χ0n) is 42.6. The van der Waals surface area contributed by atoms with Crippen molar-refractivity contribution in [2.24, 2.45) is 11.7 Å². The highest BCUT2D eigenvalue weighted by Gasteiger charge is 2.36. The molecular formula is C52H67N11O14. The molecule has 1 aromatic heterocycles. The van der Waals surface area contributed by atoms with Gasteiger partial charge in [-0.1, -0.05) is 111 Å². The lowest BCUT2D eigenvalue weighted by Crippen LogP contribution is -2.62. The first kappa shape index (κ1) is 61.0. The second-order valence-corrected chi connectivity index (χ2v) is 18.2. The number of aliphatic hydroxyl groups is 2. The molecule has 25 heteroatoms. The number of carbonyl (C=O) groups excluding carboxylic acids is 8. The minimum atomic E-state index is -1.73. The normalized spacial score (nSPS) is 14.9. The van der Waals surface area contributed by atoms with Gasteiger partial charge in [-0.25, -0.2) is 9.78 Å². The largest absolute Gasteiger partial charge is 0.481 e. The first-order valence-electron chi connectivity index (χ1n) is 24.7. The number of carboxylic acids is 2. The number of hydrogen-bond acceptors (Lipinski definition) is 14. The lowest BCUT2D eigenvalue weighted by molar-refractivity contribution is -0.144. The van der Waals surface area contributed by atoms with Crippen LogP contribution in [0.4, 0.5) is 0 Å². The van der Waals surface area contributed by atoms with Crippen molar-refractivity contribution in [2.45, 2.75) is 114 Å². The van der Waals surface area contributed by atoms with Gasteiger partial charge in [0.25, 0.3) is 0 Å². The van der Waals surface area contributed by atoms with Crippen LogP contribution in [0.1, 0.15) is 56.0 Å². The Morgan fingerprint density at radius 3 is 1.21 bits per heavy atom. The molecule has 3 aromatic carbocycles. The van der Waals surface area contributed by atoms with Crippen molar-refractivity contribution in [2.75, 3.05) is 13.2 Å². The predicted octanol–water partition coefficient (Wildman–Crippen LogP) is -2.50. The number of carbonyl (C=O) groups is 10. The number of hydrogen-bond donors (Lipinski definition) is 14. The third-order valence-corrected chi connectivity index (χ3v) is 12.2. The number of aliphatic hydroxyl groups excluding tert-OH is 2. The Labute approximate surface area is 443 Å². The third kappa shape index (κ3) is 19.9. The van der Waals surface area contributed by atoms with Crippen molar-refractivity contribution in [3.63, 3.8) is 0 Å². The molecule has 0 unspecified atom stereocenters. The molecule has 1 heterocycles. The van der Waals surface area contributed by atoms with E-state index in [4.69, 9.17) is 5.73 Å². The summed E-state index contributed by atoms with van der Waals surface area (Å²) in [7, 11) is 0. The van der Waals surface area contributed by atoms with Crippen LogP contribution >= 0.6 is 0 Å². The van der Waals surface area contributed by atoms with Gasteiger partial charge < -0.3 is 73.7 Å². The van der Waals surface area contributed by atoms with E-state index in [1.54, 1.807) is 105 Å². The summed E-state index contributed by atoms with van der Waals surface area (Å²) in [5.74, 6) is -11.2. The van der Waals surface area contributed by atoms with Crippen LogP contribution in [-0.2, 0) is 73.6 Å². The monoisotopic (exact) mass is 1070 g/mol. The molecule has 0 aliphatic carbocycles. The number of H-pyrrole nitrogens is 1. The van der Waals surface area contributed by atoms with Crippen molar-refractivity contribution in [3.05, 3.63) is 126 Å². The van der Waals surface area contributed by atoms with Gasteiger partial charge >= 0.3 is 11.9 Å². The van der Waals surface area contributed by atoms with Crippen molar-refractivity contribution < 1.29 is 68.4 Å². The highest BCUT2D eigenvalue weighted by Crippen LogP contribution is 2.13. The summed E-state index contributed by atoms with van der Waals surface area (Å²) in [6.45, 7) is 2.66. The van der Waals surface area contributed by atoms with Gasteiger partial charge in [0, 0.05) is 37.6 Å². The van der Waals surface area contributed by atoms with Crippen LogP contribution in [0.15, 0.2) is 104 Å². The van der Waals surface area contributed by atoms with Gasteiger partial charge in [0.05, 0.1) is 32.0 Å². The van der Waals surface area contributed by atoms with Gasteiger partial charge in [-0.2, -0.15) is 0 Å². The number of amides is 8. The molecule has 10 atom stereocenters. The summed E-state index contributed by atoms with van der Waals surface area (Å²) in [5, 5.41) is 58.6. The van der Waals surface area contributed by atoms with E-state index in [1.807, 2.05) is 0 Å². The maximum absolute atomic E-state index is 14.7. The van der Waals surface area contributed by atoms with E-state index in [-0.39, 0.29) is 25.7 Å². The summed E-state index contributed by atoms with van der Waals surface area (Å²) in [6, 6.07) is 11.9. The maximum atomic E-state index is 14.7. The number of imidazole rings is 1. The van der Waals surface area contributed by atoms with Gasteiger partial charge in [-0.3, -0.25) is 43.2 Å². The minimum absolute atomic E-state index is 0.160. The highest BCUT2D eigenvalue weighted by molar-refractivity contribution is 5.99. The molecule has 414 valence electrons. The minimum Gasteiger partial charge on any atom is -0.481 e. The van der Waals surface area contributed by atoms with E-state index in [1.165, 1.54) is 19.4 Å². The zero-order chi connectivity index (χ0) is 56.6. The fourth-order valence-corrected chi connectivity index (χ4v) is 7.65. The smallest absolute Gasteiger partial charge is 0.328 e. The molecule has 0 aliphatic rings. The summed E-state index contributed by atoms with van der Waals surface area (Å²) in [4.78, 5) is 141. The van der Waals surface area contributed by atoms with Crippen molar-refractivity contribution in [3.8, 4) is 0 Å². The molecule has 77 heavy (non-hydrogen) atoms. The average Bonchev–Trinajstić information content (AvgIpc) is 3.93. The van der Waals surface area contributed by atoms with Crippen LogP contribution in [0.25, 0.3) is 0 Å². The number of aromatic amines is 1. The highest BCUT2D eigenvalue weighted by atomic mass is 16.4. The Balaban J connectivity index is 1.66. The molecule has 0 radical (unpaired) electrons. The number of nitrogens with one attached hydrogen (secondary N) is 9. The van der Waals surface area contributed by atoms with Crippen LogP contribution in [0, 0.1) is 5.92 Å². The first-order valence-corrected chi connectivity index (χ1v) is 24.7. The van der Waals surface area contributed by atoms with E-state index in [0.29, 0.717) is 28.8 Å². The summed E-state index contributed by atoms with van der Waals surface area (Å²) < 4.78 is 0. The molecule has 4 rings (SSSR count). The maximum Gasteiger partial charge on any atom is 0.328 e. The fourth-order valence-electron chi connectivity index (χ4n) is 7.65. The number of carboxylic acid groups (broad SMARTS) is 2. The Kier molecular flexibility index (Phi) is 24.3. The summed E-state index contributed by atoms with van der Waals surface area (Å²) >= 11 is 0. The van der Waals surface area contributed by atoms with Crippen LogP contribution in [0.3, 0.4) is 0 Å². The number of nitrogens with two attached hydrogens (primary N) is 1. The molecule has 8 amide bonds. The number of benzene rings is 3. The SMILES string of the molecule is CC[C@H](C)[C@H](NC(=O)[C@H](CO)NC(=O)[C@H](Cc1cnc[nH]1)NC(=O)[C@H](Cc1ccccc1)NC(=O)[C@H](Cc1ccccc1)NC(=O)[C@H](Cc1ccccc1)NC(=O)[C@H](CC(=O)O)NC(=O)[C@H](C)N)C(=O)N[C@@H](CO)C(=O)O. The second kappa shape index (κ2) is 30.7. The molecule has 15 N–H and O–H groups in total. The number of nitrogens with zero attached hydrogens (tertiary/aromatic N) is 1. The predicted molar refractivity (Wildman–Crippen MR) is 275 cm³/mol. The number of aromatic nitrogens is 2. The summed E-state index contributed by atoms with van der Waals surface area (Å²) in [5.41, 5.74) is 7.66. The average molecular weight is 1070 g/mol. The van der Waals surface area contributed by atoms with Crippen LogP contribution < -0.4 is 48.3 Å². The first-order chi connectivity index (χ1) is 36.7. The molecule has 0 bridgehead atoms. The van der Waals surface area contributed by atoms with E-state index >= 15 is 0 Å². The Morgan fingerprint density at radius 2 is 0.857 bits per heavy atom. The second-order valence-electron chi connectivity index (χ2n) is 18.2. The Bertz CT molecular complexity index is 2610.